The number of pyridine rings is 1. The highest BCUT2D eigenvalue weighted by molar-refractivity contribution is 7.90. The summed E-state index contributed by atoms with van der Waals surface area (Å²) in [5.74, 6) is -1.57. The summed E-state index contributed by atoms with van der Waals surface area (Å²) >= 11 is 0. The molecule has 0 unspecified atom stereocenters. The summed E-state index contributed by atoms with van der Waals surface area (Å²) in [6, 6.07) is 7.00. The molecule has 59 heavy (non-hydrogen) atoms. The van der Waals surface area contributed by atoms with Gasteiger partial charge in [-0.1, -0.05) is 0 Å². The SMILES string of the molecule is Cc1ccnc([C@H]2C[C@@H]2C(=O)N(C(=O)OC(C)(C)C)c2cc(N(Cc3cn4cc(C5CC5)cc(N5CC(=O)N(C)C5=O)c4n3)C(=O)OC(C)(C)C)ccc2S(C)(=O)=O)n1. The van der Waals surface area contributed by atoms with Crippen molar-refractivity contribution in [3.8, 4) is 0 Å². The van der Waals surface area contributed by atoms with Gasteiger partial charge in [0.05, 0.1) is 28.5 Å². The number of urea groups is 1. The second kappa shape index (κ2) is 14.7. The first kappa shape index (κ1) is 41.3. The van der Waals surface area contributed by atoms with Crippen LogP contribution in [0.15, 0.2) is 53.8 Å². The van der Waals surface area contributed by atoms with Gasteiger partial charge in [0.25, 0.3) is 0 Å². The summed E-state index contributed by atoms with van der Waals surface area (Å²) in [7, 11) is -2.68. The molecule has 0 spiro atoms. The number of ether oxygens (including phenoxy) is 2. The fourth-order valence-electron chi connectivity index (χ4n) is 6.94. The van der Waals surface area contributed by atoms with Crippen molar-refractivity contribution in [1.82, 2.24) is 24.3 Å². The van der Waals surface area contributed by atoms with Crippen molar-refractivity contribution >= 4 is 62.6 Å². The zero-order valence-electron chi connectivity index (χ0n) is 34.5. The van der Waals surface area contributed by atoms with Crippen LogP contribution in [0.25, 0.3) is 5.65 Å². The number of anilines is 3. The van der Waals surface area contributed by atoms with Crippen molar-refractivity contribution in [1.29, 1.82) is 0 Å². The molecule has 3 aliphatic rings. The number of sulfone groups is 1. The molecule has 2 saturated carbocycles. The van der Waals surface area contributed by atoms with Crippen molar-refractivity contribution < 1.29 is 41.9 Å². The molecule has 4 heterocycles. The van der Waals surface area contributed by atoms with Gasteiger partial charge in [-0.15, -0.1) is 0 Å². The first-order valence-electron chi connectivity index (χ1n) is 19.3. The van der Waals surface area contributed by atoms with Gasteiger partial charge in [-0.25, -0.2) is 42.7 Å². The molecular formula is C41H48N8O9S. The van der Waals surface area contributed by atoms with Crippen LogP contribution in [0, 0.1) is 12.8 Å². The molecule has 17 nitrogen and oxygen atoms in total. The largest absolute Gasteiger partial charge is 0.443 e. The summed E-state index contributed by atoms with van der Waals surface area (Å²) in [6.07, 6.45) is 6.47. The lowest BCUT2D eigenvalue weighted by atomic mass is 10.1. The fourth-order valence-corrected chi connectivity index (χ4v) is 7.78. The summed E-state index contributed by atoms with van der Waals surface area (Å²) < 4.78 is 40.1. The number of carbonyl (C=O) groups is 5. The van der Waals surface area contributed by atoms with Crippen LogP contribution in [0.2, 0.25) is 0 Å². The van der Waals surface area contributed by atoms with E-state index in [9.17, 15) is 32.4 Å². The third kappa shape index (κ3) is 8.77. The van der Waals surface area contributed by atoms with Crippen molar-refractivity contribution in [2.75, 3.05) is 34.5 Å². The molecule has 7 rings (SSSR count). The van der Waals surface area contributed by atoms with Crippen molar-refractivity contribution in [2.45, 2.75) is 102 Å². The Bertz CT molecular complexity index is 2520. The van der Waals surface area contributed by atoms with E-state index in [2.05, 4.69) is 9.97 Å². The van der Waals surface area contributed by atoms with E-state index < -0.39 is 57.0 Å². The van der Waals surface area contributed by atoms with Crippen LogP contribution >= 0.6 is 0 Å². The minimum absolute atomic E-state index is 0.0789. The molecule has 312 valence electrons. The number of imidazole rings is 1. The minimum Gasteiger partial charge on any atom is -0.443 e. The Morgan fingerprint density at radius 2 is 1.61 bits per heavy atom. The highest BCUT2D eigenvalue weighted by Gasteiger charge is 2.50. The number of nitrogens with zero attached hydrogens (tertiary/aromatic N) is 8. The fraction of sp³-hybridized carbons (Fsp3) is 0.463. The van der Waals surface area contributed by atoms with Gasteiger partial charge >= 0.3 is 18.2 Å². The number of aromatic nitrogens is 4. The molecule has 0 bridgehead atoms. The molecule has 2 aliphatic carbocycles. The van der Waals surface area contributed by atoms with Crippen molar-refractivity contribution in [3.05, 3.63) is 71.7 Å². The maximum absolute atomic E-state index is 14.5. The number of hydrogen-bond acceptors (Lipinski definition) is 12. The van der Waals surface area contributed by atoms with E-state index >= 15 is 0 Å². The molecule has 6 amide bonds. The monoisotopic (exact) mass is 828 g/mol. The Balaban J connectivity index is 1.33. The number of amides is 6. The molecule has 18 heteroatoms. The molecule has 0 N–H and O–H groups in total. The number of imide groups is 2. The van der Waals surface area contributed by atoms with E-state index in [0.29, 0.717) is 35.0 Å². The zero-order chi connectivity index (χ0) is 42.9. The second-order valence-corrected chi connectivity index (χ2v) is 19.4. The lowest BCUT2D eigenvalue weighted by molar-refractivity contribution is -0.124. The summed E-state index contributed by atoms with van der Waals surface area (Å²) in [5, 5.41) is 0. The Morgan fingerprint density at radius 1 is 0.932 bits per heavy atom. The lowest BCUT2D eigenvalue weighted by Crippen LogP contribution is -2.43. The van der Waals surface area contributed by atoms with Crippen LogP contribution in [0.3, 0.4) is 0 Å². The van der Waals surface area contributed by atoms with E-state index in [1.165, 1.54) is 35.0 Å². The van der Waals surface area contributed by atoms with E-state index in [0.717, 1.165) is 34.5 Å². The Hall–Kier alpha value is -5.91. The smallest absolute Gasteiger partial charge is 0.421 e. The van der Waals surface area contributed by atoms with Crippen LogP contribution in [0.1, 0.15) is 95.4 Å². The van der Waals surface area contributed by atoms with Gasteiger partial charge in [-0.3, -0.25) is 24.3 Å². The van der Waals surface area contributed by atoms with E-state index in [1.807, 2.05) is 12.3 Å². The molecule has 2 atom stereocenters. The van der Waals surface area contributed by atoms with Crippen LogP contribution < -0.4 is 14.7 Å². The number of hydrogen-bond donors (Lipinski definition) is 0. The molecule has 4 aromatic rings. The first-order valence-corrected chi connectivity index (χ1v) is 21.2. The molecule has 1 saturated heterocycles. The maximum atomic E-state index is 14.5. The lowest BCUT2D eigenvalue weighted by Gasteiger charge is -2.30. The summed E-state index contributed by atoms with van der Waals surface area (Å²) in [6.45, 7) is 11.3. The van der Waals surface area contributed by atoms with E-state index in [-0.39, 0.29) is 41.2 Å². The average molecular weight is 829 g/mol. The van der Waals surface area contributed by atoms with E-state index in [1.54, 1.807) is 71.3 Å². The number of benzene rings is 1. The van der Waals surface area contributed by atoms with Gasteiger partial charge in [-0.05, 0) is 110 Å². The average Bonchev–Trinajstić information content (AvgIpc) is 4.05. The van der Waals surface area contributed by atoms with Gasteiger partial charge in [0.1, 0.15) is 23.6 Å². The second-order valence-electron chi connectivity index (χ2n) is 17.4. The summed E-state index contributed by atoms with van der Waals surface area (Å²) in [5.41, 5.74) is 0.541. The van der Waals surface area contributed by atoms with Gasteiger partial charge in [0, 0.05) is 55.1 Å². The molecule has 1 aliphatic heterocycles. The zero-order valence-corrected chi connectivity index (χ0v) is 35.4. The Kier molecular flexibility index (Phi) is 10.3. The number of aryl methyl sites for hydroxylation is 1. The number of likely N-dealkylation sites (N-methyl/N-ethyl adjacent to an activating group) is 1. The highest BCUT2D eigenvalue weighted by Crippen LogP contribution is 2.48. The van der Waals surface area contributed by atoms with Gasteiger partial charge in [0.2, 0.25) is 11.8 Å². The maximum Gasteiger partial charge on any atom is 0.421 e. The molecule has 3 aromatic heterocycles. The molecular weight excluding hydrogens is 781 g/mol. The molecule has 0 radical (unpaired) electrons. The topological polar surface area (TPSA) is 194 Å². The predicted octanol–water partition coefficient (Wildman–Crippen LogP) is 6.13. The van der Waals surface area contributed by atoms with Gasteiger partial charge in [0.15, 0.2) is 15.5 Å². The third-order valence-electron chi connectivity index (χ3n) is 10.0. The predicted molar refractivity (Wildman–Crippen MR) is 216 cm³/mol. The van der Waals surface area contributed by atoms with Crippen LogP contribution in [0.5, 0.6) is 0 Å². The van der Waals surface area contributed by atoms with Gasteiger partial charge in [-0.2, -0.15) is 0 Å². The number of carbonyl (C=O) groups excluding carboxylic acids is 5. The normalized spacial score (nSPS) is 18.3. The first-order chi connectivity index (χ1) is 27.5. The number of fused-ring (bicyclic) bond motifs is 1. The van der Waals surface area contributed by atoms with Crippen LogP contribution in [-0.4, -0.2) is 93.8 Å². The molecule has 1 aromatic carbocycles. The van der Waals surface area contributed by atoms with Crippen molar-refractivity contribution in [2.24, 2.45) is 5.92 Å². The Morgan fingerprint density at radius 3 is 2.20 bits per heavy atom. The van der Waals surface area contributed by atoms with Gasteiger partial charge < -0.3 is 13.9 Å². The number of rotatable bonds is 9. The highest BCUT2D eigenvalue weighted by atomic mass is 32.2. The third-order valence-corrected chi connectivity index (χ3v) is 11.1. The van der Waals surface area contributed by atoms with Crippen LogP contribution in [0.4, 0.5) is 31.4 Å². The minimum atomic E-state index is -4.10. The summed E-state index contributed by atoms with van der Waals surface area (Å²) in [4.78, 5) is 86.1. The van der Waals surface area contributed by atoms with E-state index in [4.69, 9.17) is 14.5 Å². The van der Waals surface area contributed by atoms with Crippen molar-refractivity contribution in [3.63, 3.8) is 0 Å². The standard InChI is InChI=1S/C41H48N8O9S/c1-23-14-15-42-34(43-23)28-18-29(28)36(51)49(39(54)58-41(5,6)7)30-17-27(12-13-32(30)59(9,55)56)47(38(53)57-40(2,3)4)21-26-20-46-19-25(24-10-11-24)16-31(35(46)44-26)48-22-33(50)45(8)37(48)52/h12-17,19-20,24,28-29H,10-11,18,21-22H2,1-9H3/t28-,29-/m0/s1. The van der Waals surface area contributed by atoms with Crippen LogP contribution in [-0.2, 0) is 35.4 Å². The quantitative estimate of drug-likeness (QED) is 0.176. The molecule has 3 fully saturated rings. The Labute approximate surface area is 342 Å².